The van der Waals surface area contributed by atoms with E-state index in [2.05, 4.69) is 26.9 Å². The largest absolute Gasteiger partial charge is 0.497 e. The first-order chi connectivity index (χ1) is 15.3. The van der Waals surface area contributed by atoms with Gasteiger partial charge in [0.25, 0.3) is 0 Å². The predicted molar refractivity (Wildman–Crippen MR) is 121 cm³/mol. The van der Waals surface area contributed by atoms with Gasteiger partial charge >= 0.3 is 0 Å². The van der Waals surface area contributed by atoms with E-state index in [0.29, 0.717) is 0 Å². The molecule has 0 spiro atoms. The van der Waals surface area contributed by atoms with Crippen molar-refractivity contribution >= 4 is 11.6 Å². The van der Waals surface area contributed by atoms with Gasteiger partial charge in [0.15, 0.2) is 0 Å². The highest BCUT2D eigenvalue weighted by Gasteiger charge is 2.26. The van der Waals surface area contributed by atoms with Crippen LogP contribution in [-0.4, -0.2) is 54.8 Å². The molecule has 2 aliphatic heterocycles. The highest BCUT2D eigenvalue weighted by Crippen LogP contribution is 2.35. The van der Waals surface area contributed by atoms with Gasteiger partial charge in [0.2, 0.25) is 5.95 Å². The fourth-order valence-corrected chi connectivity index (χ4v) is 4.29. The number of rotatable bonds is 5. The van der Waals surface area contributed by atoms with Crippen LogP contribution in [-0.2, 0) is 4.74 Å². The summed E-state index contributed by atoms with van der Waals surface area (Å²) in [5.41, 5.74) is 4.33. The Bertz CT molecular complexity index is 998. The molecule has 0 N–H and O–H groups in total. The summed E-state index contributed by atoms with van der Waals surface area (Å²) in [7, 11) is 1.69. The topological polar surface area (TPSA) is 63.6 Å². The van der Waals surface area contributed by atoms with E-state index in [9.17, 15) is 0 Å². The number of nitrogens with zero attached hydrogens (tertiary/aromatic N) is 5. The zero-order valence-corrected chi connectivity index (χ0v) is 17.8. The van der Waals surface area contributed by atoms with Gasteiger partial charge in [-0.05, 0) is 54.8 Å². The van der Waals surface area contributed by atoms with E-state index in [1.54, 1.807) is 19.5 Å². The molecule has 160 valence electrons. The van der Waals surface area contributed by atoms with Gasteiger partial charge in [-0.1, -0.05) is 0 Å². The van der Waals surface area contributed by atoms with Gasteiger partial charge < -0.3 is 19.3 Å². The maximum Gasteiger partial charge on any atom is 0.225 e. The van der Waals surface area contributed by atoms with E-state index >= 15 is 0 Å². The number of benzene rings is 1. The third kappa shape index (κ3) is 4.18. The van der Waals surface area contributed by atoms with Crippen molar-refractivity contribution < 1.29 is 9.47 Å². The van der Waals surface area contributed by atoms with Crippen molar-refractivity contribution in [1.29, 1.82) is 0 Å². The lowest BCUT2D eigenvalue weighted by molar-refractivity contribution is 0.109. The van der Waals surface area contributed by atoms with E-state index in [1.807, 2.05) is 30.5 Å². The van der Waals surface area contributed by atoms with E-state index in [-0.39, 0.29) is 6.10 Å². The Morgan fingerprint density at radius 2 is 1.71 bits per heavy atom. The number of pyridine rings is 1. The normalized spacial score (nSPS) is 18.9. The predicted octanol–water partition coefficient (Wildman–Crippen LogP) is 3.73. The molecule has 31 heavy (non-hydrogen) atoms. The highest BCUT2D eigenvalue weighted by atomic mass is 16.5. The summed E-state index contributed by atoms with van der Waals surface area (Å²) < 4.78 is 11.3. The second-order valence-electron chi connectivity index (χ2n) is 7.88. The van der Waals surface area contributed by atoms with Crippen LogP contribution in [0.25, 0.3) is 11.1 Å². The van der Waals surface area contributed by atoms with Crippen LogP contribution in [0.3, 0.4) is 0 Å². The summed E-state index contributed by atoms with van der Waals surface area (Å²) in [6, 6.07) is 12.3. The van der Waals surface area contributed by atoms with Crippen molar-refractivity contribution in [3.05, 3.63) is 60.7 Å². The minimum atomic E-state index is 0.0329. The molecule has 1 aromatic carbocycles. The van der Waals surface area contributed by atoms with Crippen LogP contribution in [0.15, 0.2) is 55.0 Å². The molecule has 4 heterocycles. The molecule has 0 saturated carbocycles. The first-order valence-corrected chi connectivity index (χ1v) is 10.8. The molecule has 2 fully saturated rings. The molecule has 7 heteroatoms. The minimum absolute atomic E-state index is 0.0329. The van der Waals surface area contributed by atoms with Gasteiger partial charge in [0, 0.05) is 62.6 Å². The van der Waals surface area contributed by atoms with E-state index in [1.165, 1.54) is 5.69 Å². The Morgan fingerprint density at radius 1 is 0.968 bits per heavy atom. The smallest absolute Gasteiger partial charge is 0.225 e. The number of hydrogen-bond acceptors (Lipinski definition) is 7. The fourth-order valence-electron chi connectivity index (χ4n) is 4.29. The number of anilines is 2. The molecule has 3 aromatic rings. The second-order valence-corrected chi connectivity index (χ2v) is 7.88. The molecular formula is C24H27N5O2. The van der Waals surface area contributed by atoms with Crippen molar-refractivity contribution in [2.75, 3.05) is 49.7 Å². The summed E-state index contributed by atoms with van der Waals surface area (Å²) in [5.74, 6) is 1.67. The third-order valence-electron chi connectivity index (χ3n) is 6.03. The maximum atomic E-state index is 5.99. The molecular weight excluding hydrogens is 390 g/mol. The van der Waals surface area contributed by atoms with E-state index in [0.717, 1.165) is 74.1 Å². The Kier molecular flexibility index (Phi) is 5.67. The van der Waals surface area contributed by atoms with Gasteiger partial charge in [-0.25, -0.2) is 9.97 Å². The van der Waals surface area contributed by atoms with Crippen LogP contribution in [0.5, 0.6) is 5.75 Å². The standard InChI is InChI=1S/C24H27N5O2/c1-30-20-6-4-19(5-7-20)28-12-14-29(15-13-28)24-26-17-21(18-8-10-25-11-9-18)23(27-24)22-3-2-16-31-22/h4-11,17,22H,2-3,12-16H2,1H3/t22-/m0/s1. The summed E-state index contributed by atoms with van der Waals surface area (Å²) in [5, 5.41) is 0. The minimum Gasteiger partial charge on any atom is -0.497 e. The third-order valence-corrected chi connectivity index (χ3v) is 6.03. The van der Waals surface area contributed by atoms with E-state index < -0.39 is 0 Å². The summed E-state index contributed by atoms with van der Waals surface area (Å²) in [6.07, 6.45) is 7.66. The second kappa shape index (κ2) is 8.89. The average Bonchev–Trinajstić information content (AvgIpc) is 3.39. The molecule has 0 amide bonds. The van der Waals surface area contributed by atoms with Crippen LogP contribution in [0, 0.1) is 0 Å². The number of ether oxygens (including phenoxy) is 2. The van der Waals surface area contributed by atoms with Crippen molar-refractivity contribution in [2.24, 2.45) is 0 Å². The van der Waals surface area contributed by atoms with Gasteiger partial charge in [0.05, 0.1) is 12.8 Å². The van der Waals surface area contributed by atoms with E-state index in [4.69, 9.17) is 19.4 Å². The molecule has 0 unspecified atom stereocenters. The zero-order chi connectivity index (χ0) is 21.0. The summed E-state index contributed by atoms with van der Waals surface area (Å²) in [6.45, 7) is 4.41. The van der Waals surface area contributed by atoms with Crippen LogP contribution < -0.4 is 14.5 Å². The maximum absolute atomic E-state index is 5.99. The number of hydrogen-bond donors (Lipinski definition) is 0. The van der Waals surface area contributed by atoms with Crippen LogP contribution in [0.4, 0.5) is 11.6 Å². The number of piperazine rings is 1. The molecule has 0 aliphatic carbocycles. The highest BCUT2D eigenvalue weighted by molar-refractivity contribution is 5.66. The fraction of sp³-hybridized carbons (Fsp3) is 0.375. The summed E-state index contributed by atoms with van der Waals surface area (Å²) >= 11 is 0. The summed E-state index contributed by atoms with van der Waals surface area (Å²) in [4.78, 5) is 18.5. The number of aromatic nitrogens is 3. The Balaban J connectivity index is 1.35. The molecule has 5 rings (SSSR count). The molecule has 2 aromatic heterocycles. The van der Waals surface area contributed by atoms with Crippen molar-refractivity contribution in [1.82, 2.24) is 15.0 Å². The first kappa shape index (κ1) is 19.8. The van der Waals surface area contributed by atoms with Crippen LogP contribution in [0.2, 0.25) is 0 Å². The van der Waals surface area contributed by atoms with Gasteiger partial charge in [0.1, 0.15) is 11.9 Å². The van der Waals surface area contributed by atoms with Crippen LogP contribution in [0.1, 0.15) is 24.6 Å². The van der Waals surface area contributed by atoms with Gasteiger partial charge in [-0.2, -0.15) is 0 Å². The van der Waals surface area contributed by atoms with Crippen molar-refractivity contribution in [3.8, 4) is 16.9 Å². The Labute approximate surface area is 182 Å². The molecule has 2 aliphatic rings. The van der Waals surface area contributed by atoms with Crippen molar-refractivity contribution in [2.45, 2.75) is 18.9 Å². The average molecular weight is 418 g/mol. The Hall–Kier alpha value is -3.19. The lowest BCUT2D eigenvalue weighted by Crippen LogP contribution is -2.47. The van der Waals surface area contributed by atoms with Crippen LogP contribution >= 0.6 is 0 Å². The lowest BCUT2D eigenvalue weighted by Gasteiger charge is -2.36. The molecule has 1 atom stereocenters. The van der Waals surface area contributed by atoms with Gasteiger partial charge in [-0.15, -0.1) is 0 Å². The quantitative estimate of drug-likeness (QED) is 0.627. The molecule has 7 nitrogen and oxygen atoms in total. The molecule has 0 radical (unpaired) electrons. The Morgan fingerprint density at radius 3 is 2.39 bits per heavy atom. The monoisotopic (exact) mass is 417 g/mol. The zero-order valence-electron chi connectivity index (χ0n) is 17.8. The molecule has 2 saturated heterocycles. The SMILES string of the molecule is COc1ccc(N2CCN(c3ncc(-c4ccncc4)c([C@@H]4CCCO4)n3)CC2)cc1. The van der Waals surface area contributed by atoms with Gasteiger partial charge in [-0.3, -0.25) is 4.98 Å². The first-order valence-electron chi connectivity index (χ1n) is 10.8. The lowest BCUT2D eigenvalue weighted by atomic mass is 10.0. The molecule has 0 bridgehead atoms. The number of methoxy groups -OCH3 is 1. The van der Waals surface area contributed by atoms with Crippen molar-refractivity contribution in [3.63, 3.8) is 0 Å².